The minimum atomic E-state index is -2.92. The van der Waals surface area contributed by atoms with Crippen LogP contribution >= 0.6 is 11.6 Å². The topological polar surface area (TPSA) is 56.8 Å². The summed E-state index contributed by atoms with van der Waals surface area (Å²) in [5.41, 5.74) is 1.74. The van der Waals surface area contributed by atoms with Gasteiger partial charge in [-0.1, -0.05) is 17.7 Å². The average molecular weight is 412 g/mol. The summed E-state index contributed by atoms with van der Waals surface area (Å²) in [6, 6.07) is 10.1. The SMILES string of the molecule is COc1cc(CCNC(=O)[C@H]2COc3ccc(Cl)cc3C2)ccc1OC(F)F. The number of methoxy groups -OCH3 is 1. The van der Waals surface area contributed by atoms with E-state index in [1.807, 2.05) is 6.07 Å². The van der Waals surface area contributed by atoms with Gasteiger partial charge in [0.15, 0.2) is 11.5 Å². The number of carbonyl (C=O) groups excluding carboxylic acids is 1. The molecule has 150 valence electrons. The van der Waals surface area contributed by atoms with Gasteiger partial charge in [-0.25, -0.2) is 0 Å². The zero-order chi connectivity index (χ0) is 20.1. The summed E-state index contributed by atoms with van der Waals surface area (Å²) >= 11 is 6.00. The fraction of sp³-hybridized carbons (Fsp3) is 0.350. The van der Waals surface area contributed by atoms with Crippen LogP contribution in [-0.2, 0) is 17.6 Å². The third-order valence-electron chi connectivity index (χ3n) is 4.46. The van der Waals surface area contributed by atoms with Gasteiger partial charge in [-0.3, -0.25) is 4.79 Å². The minimum Gasteiger partial charge on any atom is -0.493 e. The van der Waals surface area contributed by atoms with Crippen molar-refractivity contribution >= 4 is 17.5 Å². The summed E-state index contributed by atoms with van der Waals surface area (Å²) < 4.78 is 39.9. The molecule has 0 aromatic heterocycles. The number of rotatable bonds is 7. The van der Waals surface area contributed by atoms with Crippen LogP contribution in [0.25, 0.3) is 0 Å². The van der Waals surface area contributed by atoms with Crippen molar-refractivity contribution in [1.29, 1.82) is 0 Å². The van der Waals surface area contributed by atoms with E-state index in [-0.39, 0.29) is 23.3 Å². The van der Waals surface area contributed by atoms with Crippen LogP contribution in [0, 0.1) is 5.92 Å². The fourth-order valence-corrected chi connectivity index (χ4v) is 3.26. The lowest BCUT2D eigenvalue weighted by Crippen LogP contribution is -2.38. The number of ether oxygens (including phenoxy) is 3. The maximum atomic E-state index is 12.4. The Bertz CT molecular complexity index is 847. The summed E-state index contributed by atoms with van der Waals surface area (Å²) in [7, 11) is 1.38. The van der Waals surface area contributed by atoms with Crippen molar-refractivity contribution < 1.29 is 27.8 Å². The molecule has 2 aromatic carbocycles. The predicted molar refractivity (Wildman–Crippen MR) is 100 cm³/mol. The van der Waals surface area contributed by atoms with Crippen LogP contribution < -0.4 is 19.5 Å². The number of halogens is 3. The molecule has 1 N–H and O–H groups in total. The number of alkyl halides is 2. The van der Waals surface area contributed by atoms with Crippen molar-refractivity contribution in [2.24, 2.45) is 5.92 Å². The molecule has 2 aromatic rings. The summed E-state index contributed by atoms with van der Waals surface area (Å²) in [5.74, 6) is 0.560. The molecular weight excluding hydrogens is 392 g/mol. The van der Waals surface area contributed by atoms with Crippen molar-refractivity contribution in [3.05, 3.63) is 52.5 Å². The molecule has 0 saturated heterocycles. The molecule has 5 nitrogen and oxygen atoms in total. The van der Waals surface area contributed by atoms with Gasteiger partial charge in [0.05, 0.1) is 13.0 Å². The molecule has 0 unspecified atom stereocenters. The Hall–Kier alpha value is -2.54. The van der Waals surface area contributed by atoms with E-state index in [9.17, 15) is 13.6 Å². The monoisotopic (exact) mass is 411 g/mol. The number of hydrogen-bond donors (Lipinski definition) is 1. The summed E-state index contributed by atoms with van der Waals surface area (Å²) in [4.78, 5) is 12.4. The van der Waals surface area contributed by atoms with E-state index in [0.717, 1.165) is 16.9 Å². The second kappa shape index (κ2) is 9.10. The highest BCUT2D eigenvalue weighted by molar-refractivity contribution is 6.30. The van der Waals surface area contributed by atoms with Crippen molar-refractivity contribution in [2.45, 2.75) is 19.5 Å². The molecule has 0 saturated carbocycles. The van der Waals surface area contributed by atoms with E-state index in [0.29, 0.717) is 31.0 Å². The molecule has 1 amide bonds. The largest absolute Gasteiger partial charge is 0.493 e. The number of benzene rings is 2. The Labute approximate surface area is 166 Å². The Morgan fingerprint density at radius 2 is 2.11 bits per heavy atom. The zero-order valence-corrected chi connectivity index (χ0v) is 16.0. The van der Waals surface area contributed by atoms with Crippen LogP contribution in [0.1, 0.15) is 11.1 Å². The lowest BCUT2D eigenvalue weighted by Gasteiger charge is -2.24. The van der Waals surface area contributed by atoms with E-state index in [2.05, 4.69) is 10.1 Å². The lowest BCUT2D eigenvalue weighted by molar-refractivity contribution is -0.126. The standard InChI is InChI=1S/C20H20ClF2NO4/c1-26-18-8-12(2-4-17(18)28-20(22)23)6-7-24-19(25)14-9-13-10-15(21)3-5-16(13)27-11-14/h2-5,8,10,14,20H,6-7,9,11H2,1H3,(H,24,25)/t14-/m1/s1. The molecule has 0 radical (unpaired) electrons. The normalized spacial score (nSPS) is 15.5. The molecule has 8 heteroatoms. The predicted octanol–water partition coefficient (Wildman–Crippen LogP) is 3.86. The van der Waals surface area contributed by atoms with E-state index >= 15 is 0 Å². The van der Waals surface area contributed by atoms with Gasteiger partial charge in [0.25, 0.3) is 0 Å². The average Bonchev–Trinajstić information content (AvgIpc) is 2.67. The van der Waals surface area contributed by atoms with Gasteiger partial charge in [0.2, 0.25) is 5.91 Å². The summed E-state index contributed by atoms with van der Waals surface area (Å²) in [6.07, 6.45) is 1.09. The quantitative estimate of drug-likeness (QED) is 0.751. The highest BCUT2D eigenvalue weighted by Gasteiger charge is 2.26. The Kier molecular flexibility index (Phi) is 6.57. The Balaban J connectivity index is 1.53. The van der Waals surface area contributed by atoms with Crippen LogP contribution in [-0.4, -0.2) is 32.8 Å². The second-order valence-corrected chi connectivity index (χ2v) is 6.81. The lowest BCUT2D eigenvalue weighted by atomic mass is 9.96. The number of hydrogen-bond acceptors (Lipinski definition) is 4. The number of nitrogens with one attached hydrogen (secondary N) is 1. The smallest absolute Gasteiger partial charge is 0.387 e. The fourth-order valence-electron chi connectivity index (χ4n) is 3.07. The van der Waals surface area contributed by atoms with Crippen LogP contribution in [0.5, 0.6) is 17.2 Å². The Morgan fingerprint density at radius 1 is 1.29 bits per heavy atom. The van der Waals surface area contributed by atoms with Gasteiger partial charge in [0, 0.05) is 11.6 Å². The maximum Gasteiger partial charge on any atom is 0.387 e. The summed E-state index contributed by atoms with van der Waals surface area (Å²) in [5, 5.41) is 3.49. The van der Waals surface area contributed by atoms with Gasteiger partial charge in [-0.05, 0) is 54.3 Å². The van der Waals surface area contributed by atoms with Gasteiger partial charge in [-0.2, -0.15) is 8.78 Å². The van der Waals surface area contributed by atoms with Crippen LogP contribution in [0.4, 0.5) is 8.78 Å². The first-order chi connectivity index (χ1) is 13.5. The van der Waals surface area contributed by atoms with Crippen molar-refractivity contribution in [2.75, 3.05) is 20.3 Å². The summed E-state index contributed by atoms with van der Waals surface area (Å²) in [6.45, 7) is -2.21. The van der Waals surface area contributed by atoms with Crippen molar-refractivity contribution in [3.63, 3.8) is 0 Å². The molecule has 1 aliphatic rings. The minimum absolute atomic E-state index is 0.0260. The van der Waals surface area contributed by atoms with Crippen molar-refractivity contribution in [1.82, 2.24) is 5.32 Å². The molecule has 1 aliphatic heterocycles. The first kappa shape index (κ1) is 20.2. The third kappa shape index (κ3) is 5.04. The molecule has 0 fully saturated rings. The van der Waals surface area contributed by atoms with Gasteiger partial charge < -0.3 is 19.5 Å². The maximum absolute atomic E-state index is 12.4. The molecule has 28 heavy (non-hydrogen) atoms. The molecule has 0 bridgehead atoms. The van der Waals surface area contributed by atoms with Gasteiger partial charge in [0.1, 0.15) is 12.4 Å². The molecule has 3 rings (SSSR count). The molecule has 1 atom stereocenters. The van der Waals surface area contributed by atoms with Crippen molar-refractivity contribution in [3.8, 4) is 17.2 Å². The van der Waals surface area contributed by atoms with E-state index < -0.39 is 6.61 Å². The first-order valence-corrected chi connectivity index (χ1v) is 9.14. The molecular formula is C20H20ClF2NO4. The zero-order valence-electron chi connectivity index (χ0n) is 15.2. The highest BCUT2D eigenvalue weighted by atomic mass is 35.5. The van der Waals surface area contributed by atoms with Crippen LogP contribution in [0.15, 0.2) is 36.4 Å². The highest BCUT2D eigenvalue weighted by Crippen LogP contribution is 2.31. The van der Waals surface area contributed by atoms with E-state index in [1.54, 1.807) is 24.3 Å². The van der Waals surface area contributed by atoms with Crippen LogP contribution in [0.3, 0.4) is 0 Å². The van der Waals surface area contributed by atoms with E-state index in [4.69, 9.17) is 21.1 Å². The molecule has 0 spiro atoms. The van der Waals surface area contributed by atoms with Crippen LogP contribution in [0.2, 0.25) is 5.02 Å². The number of amides is 1. The molecule has 0 aliphatic carbocycles. The van der Waals surface area contributed by atoms with E-state index in [1.165, 1.54) is 13.2 Å². The number of carbonyl (C=O) groups is 1. The Morgan fingerprint density at radius 3 is 2.86 bits per heavy atom. The second-order valence-electron chi connectivity index (χ2n) is 6.37. The van der Waals surface area contributed by atoms with Gasteiger partial charge in [-0.15, -0.1) is 0 Å². The third-order valence-corrected chi connectivity index (χ3v) is 4.69. The number of fused-ring (bicyclic) bond motifs is 1. The first-order valence-electron chi connectivity index (χ1n) is 8.77. The van der Waals surface area contributed by atoms with Gasteiger partial charge >= 0.3 is 6.61 Å². The molecule has 1 heterocycles.